The summed E-state index contributed by atoms with van der Waals surface area (Å²) in [6.45, 7) is 2.45. The quantitative estimate of drug-likeness (QED) is 0.771. The maximum Gasteiger partial charge on any atom is 0.225 e. The average Bonchev–Trinajstić information content (AvgIpc) is 2.24. The number of nitrogens with one attached hydrogen (secondary N) is 1. The van der Waals surface area contributed by atoms with Crippen molar-refractivity contribution >= 4 is 22.6 Å². The zero-order valence-electron chi connectivity index (χ0n) is 9.56. The van der Waals surface area contributed by atoms with Gasteiger partial charge in [-0.3, -0.25) is 4.21 Å². The molecule has 0 spiro atoms. The molecule has 0 aliphatic rings. The number of hydrogen-bond donors (Lipinski definition) is 2. The fraction of sp³-hybridized carbons (Fsp3) is 0.556. The van der Waals surface area contributed by atoms with Crippen molar-refractivity contribution in [2.24, 2.45) is 0 Å². The molecule has 0 saturated heterocycles. The summed E-state index contributed by atoms with van der Waals surface area (Å²) in [5.74, 6) is 1.12. The first kappa shape index (κ1) is 12.7. The van der Waals surface area contributed by atoms with E-state index in [1.807, 2.05) is 6.92 Å². The molecule has 0 aliphatic carbocycles. The highest BCUT2D eigenvalue weighted by molar-refractivity contribution is 7.84. The van der Waals surface area contributed by atoms with Crippen LogP contribution >= 0.6 is 0 Å². The Morgan fingerprint density at radius 1 is 1.62 bits per heavy atom. The monoisotopic (exact) mass is 244 g/mol. The minimum absolute atomic E-state index is 0.0437. The Hall–Kier alpha value is -1.37. The molecule has 0 bridgehead atoms. The number of methoxy groups -OCH3 is 1. The molecule has 0 radical (unpaired) electrons. The first-order chi connectivity index (χ1) is 7.52. The largest absolute Gasteiger partial charge is 0.481 e. The Morgan fingerprint density at radius 2 is 2.31 bits per heavy atom. The summed E-state index contributed by atoms with van der Waals surface area (Å²) in [5.41, 5.74) is 5.50. The van der Waals surface area contributed by atoms with Gasteiger partial charge in [0.05, 0.1) is 7.11 Å². The second-order valence-corrected chi connectivity index (χ2v) is 5.15. The lowest BCUT2D eigenvalue weighted by atomic mass is 10.4. The van der Waals surface area contributed by atoms with Crippen molar-refractivity contribution in [3.05, 3.63) is 6.07 Å². The molecule has 0 aromatic carbocycles. The van der Waals surface area contributed by atoms with Crippen LogP contribution in [0.3, 0.4) is 0 Å². The third-order valence-corrected chi connectivity index (χ3v) is 3.37. The molecule has 2 unspecified atom stereocenters. The molecule has 2 atom stereocenters. The number of anilines is 2. The molecular formula is C9H16N4O2S. The molecule has 0 aliphatic heterocycles. The molecule has 7 heteroatoms. The number of nitrogens with zero attached hydrogens (tertiary/aromatic N) is 2. The van der Waals surface area contributed by atoms with Gasteiger partial charge in [-0.05, 0) is 6.92 Å². The van der Waals surface area contributed by atoms with Crippen LogP contribution in [0.1, 0.15) is 6.92 Å². The van der Waals surface area contributed by atoms with Gasteiger partial charge < -0.3 is 15.8 Å². The lowest BCUT2D eigenvalue weighted by Gasteiger charge is -2.11. The number of nitrogens with two attached hydrogens (primary N) is 1. The third kappa shape index (κ3) is 3.65. The molecule has 3 N–H and O–H groups in total. The predicted molar refractivity (Wildman–Crippen MR) is 65.0 cm³/mol. The van der Waals surface area contributed by atoms with E-state index in [1.165, 1.54) is 7.11 Å². The van der Waals surface area contributed by atoms with Crippen molar-refractivity contribution in [1.82, 2.24) is 9.97 Å². The van der Waals surface area contributed by atoms with Crippen LogP contribution in [0.2, 0.25) is 0 Å². The van der Waals surface area contributed by atoms with Gasteiger partial charge in [0.15, 0.2) is 0 Å². The van der Waals surface area contributed by atoms with Crippen LogP contribution in [0.15, 0.2) is 6.07 Å². The van der Waals surface area contributed by atoms with E-state index in [4.69, 9.17) is 10.5 Å². The molecule has 0 saturated carbocycles. The molecule has 90 valence electrons. The zero-order chi connectivity index (χ0) is 12.1. The van der Waals surface area contributed by atoms with E-state index in [0.29, 0.717) is 18.2 Å². The summed E-state index contributed by atoms with van der Waals surface area (Å²) in [4.78, 5) is 7.85. The van der Waals surface area contributed by atoms with Crippen molar-refractivity contribution in [3.8, 4) is 5.88 Å². The molecule has 16 heavy (non-hydrogen) atoms. The van der Waals surface area contributed by atoms with Gasteiger partial charge in [0, 0.05) is 34.9 Å². The van der Waals surface area contributed by atoms with E-state index in [2.05, 4.69) is 15.3 Å². The van der Waals surface area contributed by atoms with Crippen molar-refractivity contribution in [2.75, 3.05) is 31.0 Å². The number of ether oxygens (including phenoxy) is 1. The SMILES string of the molecule is COc1cc(NCC(C)S(C)=O)nc(N)n1. The summed E-state index contributed by atoms with van der Waals surface area (Å²) >= 11 is 0. The van der Waals surface area contributed by atoms with Crippen molar-refractivity contribution in [1.29, 1.82) is 0 Å². The van der Waals surface area contributed by atoms with Gasteiger partial charge in [-0.25, -0.2) is 0 Å². The summed E-state index contributed by atoms with van der Waals surface area (Å²) in [5, 5.41) is 3.08. The lowest BCUT2D eigenvalue weighted by Crippen LogP contribution is -2.21. The van der Waals surface area contributed by atoms with Crippen LogP contribution in [-0.2, 0) is 10.8 Å². The van der Waals surface area contributed by atoms with Crippen molar-refractivity contribution in [2.45, 2.75) is 12.2 Å². The molecule has 0 fully saturated rings. The van der Waals surface area contributed by atoms with Crippen LogP contribution in [-0.4, -0.2) is 39.3 Å². The summed E-state index contributed by atoms with van der Waals surface area (Å²) in [6.07, 6.45) is 1.67. The summed E-state index contributed by atoms with van der Waals surface area (Å²) in [6, 6.07) is 1.64. The number of hydrogen-bond acceptors (Lipinski definition) is 6. The minimum atomic E-state index is -0.865. The second-order valence-electron chi connectivity index (χ2n) is 3.34. The smallest absolute Gasteiger partial charge is 0.225 e. The molecule has 0 amide bonds. The van der Waals surface area contributed by atoms with Gasteiger partial charge >= 0.3 is 0 Å². The van der Waals surface area contributed by atoms with E-state index in [1.54, 1.807) is 12.3 Å². The molecule has 1 heterocycles. The standard InChI is InChI=1S/C9H16N4O2S/c1-6(16(3)14)5-11-7-4-8(15-2)13-9(10)12-7/h4,6H,5H2,1-3H3,(H3,10,11,12,13). The van der Waals surface area contributed by atoms with Gasteiger partial charge in [0.25, 0.3) is 0 Å². The zero-order valence-corrected chi connectivity index (χ0v) is 10.4. The normalized spacial score (nSPS) is 14.2. The van der Waals surface area contributed by atoms with E-state index in [0.717, 1.165) is 0 Å². The fourth-order valence-corrected chi connectivity index (χ4v) is 1.32. The maximum atomic E-state index is 11.1. The van der Waals surface area contributed by atoms with E-state index in [9.17, 15) is 4.21 Å². The Labute approximate surface area is 97.1 Å². The summed E-state index contributed by atoms with van der Waals surface area (Å²) in [7, 11) is 0.644. The Bertz CT molecular complexity index is 386. The highest BCUT2D eigenvalue weighted by Crippen LogP contribution is 2.14. The average molecular weight is 244 g/mol. The molecule has 6 nitrogen and oxygen atoms in total. The number of rotatable bonds is 5. The van der Waals surface area contributed by atoms with E-state index < -0.39 is 10.8 Å². The maximum absolute atomic E-state index is 11.1. The van der Waals surface area contributed by atoms with Gasteiger partial charge in [-0.2, -0.15) is 9.97 Å². The van der Waals surface area contributed by atoms with E-state index >= 15 is 0 Å². The molecule has 1 aromatic rings. The summed E-state index contributed by atoms with van der Waals surface area (Å²) < 4.78 is 16.1. The molecule has 1 aromatic heterocycles. The highest BCUT2D eigenvalue weighted by atomic mass is 32.2. The van der Waals surface area contributed by atoms with Crippen LogP contribution in [0.5, 0.6) is 5.88 Å². The number of aromatic nitrogens is 2. The minimum Gasteiger partial charge on any atom is -0.481 e. The van der Waals surface area contributed by atoms with Gasteiger partial charge in [-0.1, -0.05) is 0 Å². The second kappa shape index (κ2) is 5.64. The van der Waals surface area contributed by atoms with Crippen LogP contribution in [0, 0.1) is 0 Å². The topological polar surface area (TPSA) is 90.1 Å². The predicted octanol–water partition coefficient (Wildman–Crippen LogP) is 0.246. The van der Waals surface area contributed by atoms with Gasteiger partial charge in [-0.15, -0.1) is 0 Å². The third-order valence-electron chi connectivity index (χ3n) is 2.07. The number of nitrogen functional groups attached to an aromatic ring is 1. The molecule has 1 rings (SSSR count). The van der Waals surface area contributed by atoms with E-state index in [-0.39, 0.29) is 11.2 Å². The van der Waals surface area contributed by atoms with Gasteiger partial charge in [0.1, 0.15) is 5.82 Å². The van der Waals surface area contributed by atoms with Crippen LogP contribution in [0.25, 0.3) is 0 Å². The van der Waals surface area contributed by atoms with Crippen molar-refractivity contribution < 1.29 is 8.95 Å². The Balaban J connectivity index is 2.66. The van der Waals surface area contributed by atoms with Gasteiger partial charge in [0.2, 0.25) is 11.8 Å². The lowest BCUT2D eigenvalue weighted by molar-refractivity contribution is 0.398. The Kier molecular flexibility index (Phi) is 4.48. The Morgan fingerprint density at radius 3 is 2.88 bits per heavy atom. The molecular weight excluding hydrogens is 228 g/mol. The highest BCUT2D eigenvalue weighted by Gasteiger charge is 2.07. The first-order valence-electron chi connectivity index (χ1n) is 4.77. The van der Waals surface area contributed by atoms with Crippen LogP contribution < -0.4 is 15.8 Å². The first-order valence-corrected chi connectivity index (χ1v) is 6.39. The fourth-order valence-electron chi connectivity index (χ4n) is 1.00. The van der Waals surface area contributed by atoms with Crippen molar-refractivity contribution in [3.63, 3.8) is 0 Å². The van der Waals surface area contributed by atoms with Crippen LogP contribution in [0.4, 0.5) is 11.8 Å².